The fourth-order valence-electron chi connectivity index (χ4n) is 3.22. The van der Waals surface area contributed by atoms with Gasteiger partial charge in [-0.2, -0.15) is 0 Å². The molecule has 0 unspecified atom stereocenters. The standard InChI is InChI=1S/C24H20N2O3S/c1-3-16-10-12-18(13-11-16)26-20(27)15-14-19-21(25-17-8-6-5-7-9-17)22(30-23(19)26)24(28)29-4-2/h3,5-15,25H,1,4H2,2H3. The van der Waals surface area contributed by atoms with E-state index in [4.69, 9.17) is 4.74 Å². The zero-order valence-corrected chi connectivity index (χ0v) is 17.2. The number of ether oxygens (including phenoxy) is 1. The number of nitrogens with one attached hydrogen (secondary N) is 1. The predicted molar refractivity (Wildman–Crippen MR) is 123 cm³/mol. The van der Waals surface area contributed by atoms with Crippen molar-refractivity contribution in [2.45, 2.75) is 6.92 Å². The van der Waals surface area contributed by atoms with E-state index in [1.807, 2.05) is 54.6 Å². The Labute approximate surface area is 177 Å². The van der Waals surface area contributed by atoms with E-state index in [1.165, 1.54) is 17.4 Å². The Morgan fingerprint density at radius 3 is 2.50 bits per heavy atom. The minimum Gasteiger partial charge on any atom is -0.462 e. The van der Waals surface area contributed by atoms with Crippen molar-refractivity contribution in [1.29, 1.82) is 0 Å². The van der Waals surface area contributed by atoms with Gasteiger partial charge in [0.05, 0.1) is 18.0 Å². The molecule has 4 aromatic rings. The van der Waals surface area contributed by atoms with Gasteiger partial charge in [0, 0.05) is 17.1 Å². The second kappa shape index (κ2) is 8.39. The number of esters is 1. The third kappa shape index (κ3) is 3.65. The molecule has 0 spiro atoms. The van der Waals surface area contributed by atoms with Crippen LogP contribution in [0.2, 0.25) is 0 Å². The zero-order valence-electron chi connectivity index (χ0n) is 16.4. The number of thiophene rings is 1. The van der Waals surface area contributed by atoms with Gasteiger partial charge in [-0.1, -0.05) is 43.0 Å². The molecule has 6 heteroatoms. The number of benzene rings is 2. The van der Waals surface area contributed by atoms with E-state index in [0.717, 1.165) is 22.3 Å². The molecule has 0 aliphatic rings. The lowest BCUT2D eigenvalue weighted by Gasteiger charge is -2.09. The van der Waals surface area contributed by atoms with Crippen molar-refractivity contribution in [3.8, 4) is 5.69 Å². The van der Waals surface area contributed by atoms with Gasteiger partial charge in [0.15, 0.2) is 0 Å². The van der Waals surface area contributed by atoms with Crippen LogP contribution in [0, 0.1) is 0 Å². The molecule has 0 amide bonds. The van der Waals surface area contributed by atoms with Crippen LogP contribution in [0.1, 0.15) is 22.2 Å². The van der Waals surface area contributed by atoms with E-state index < -0.39 is 5.97 Å². The van der Waals surface area contributed by atoms with Crippen LogP contribution >= 0.6 is 11.3 Å². The van der Waals surface area contributed by atoms with Crippen molar-refractivity contribution in [1.82, 2.24) is 4.57 Å². The minimum atomic E-state index is -0.418. The molecule has 0 saturated carbocycles. The molecule has 150 valence electrons. The van der Waals surface area contributed by atoms with Gasteiger partial charge >= 0.3 is 5.97 Å². The third-order valence-corrected chi connectivity index (χ3v) is 5.80. The van der Waals surface area contributed by atoms with Gasteiger partial charge in [-0.25, -0.2) is 4.79 Å². The van der Waals surface area contributed by atoms with Crippen molar-refractivity contribution in [3.63, 3.8) is 0 Å². The van der Waals surface area contributed by atoms with E-state index in [-0.39, 0.29) is 12.2 Å². The molecule has 0 bridgehead atoms. The van der Waals surface area contributed by atoms with E-state index in [0.29, 0.717) is 15.4 Å². The van der Waals surface area contributed by atoms with Crippen molar-refractivity contribution in [2.24, 2.45) is 0 Å². The number of anilines is 2. The maximum atomic E-state index is 12.8. The summed E-state index contributed by atoms with van der Waals surface area (Å²) < 4.78 is 6.89. The van der Waals surface area contributed by atoms with Crippen LogP contribution in [-0.4, -0.2) is 17.1 Å². The van der Waals surface area contributed by atoms with Gasteiger partial charge < -0.3 is 10.1 Å². The SMILES string of the molecule is C=Cc1ccc(-n2c(=O)ccc3c(Nc4ccccc4)c(C(=O)OCC)sc32)cc1. The Kier molecular flexibility index (Phi) is 5.50. The van der Waals surface area contributed by atoms with Crippen molar-refractivity contribution in [3.05, 3.63) is 94.1 Å². The highest BCUT2D eigenvalue weighted by atomic mass is 32.1. The molecule has 2 heterocycles. The smallest absolute Gasteiger partial charge is 0.350 e. The Hall–Kier alpha value is -3.64. The first-order valence-electron chi connectivity index (χ1n) is 9.53. The lowest BCUT2D eigenvalue weighted by molar-refractivity contribution is 0.0533. The highest BCUT2D eigenvalue weighted by Crippen LogP contribution is 2.38. The molecule has 0 radical (unpaired) electrons. The number of fused-ring (bicyclic) bond motifs is 1. The molecule has 0 fully saturated rings. The number of para-hydroxylation sites is 1. The van der Waals surface area contributed by atoms with Crippen LogP contribution in [0.4, 0.5) is 11.4 Å². The maximum Gasteiger partial charge on any atom is 0.350 e. The van der Waals surface area contributed by atoms with Crippen molar-refractivity contribution >= 4 is 45.0 Å². The first kappa shape index (κ1) is 19.7. The highest BCUT2D eigenvalue weighted by molar-refractivity contribution is 7.21. The first-order chi connectivity index (χ1) is 14.6. The Bertz CT molecular complexity index is 1270. The summed E-state index contributed by atoms with van der Waals surface area (Å²) in [6.07, 6.45) is 1.75. The number of nitrogens with zero attached hydrogens (tertiary/aromatic N) is 1. The average Bonchev–Trinajstić information content (AvgIpc) is 3.13. The maximum absolute atomic E-state index is 12.8. The topological polar surface area (TPSA) is 60.3 Å². The van der Waals surface area contributed by atoms with E-state index in [9.17, 15) is 9.59 Å². The number of aromatic nitrogens is 1. The van der Waals surface area contributed by atoms with Gasteiger partial charge in [0.25, 0.3) is 5.56 Å². The second-order valence-electron chi connectivity index (χ2n) is 6.54. The van der Waals surface area contributed by atoms with E-state index >= 15 is 0 Å². The lowest BCUT2D eigenvalue weighted by Crippen LogP contribution is -2.16. The Morgan fingerprint density at radius 2 is 1.83 bits per heavy atom. The summed E-state index contributed by atoms with van der Waals surface area (Å²) in [5.74, 6) is -0.418. The summed E-state index contributed by atoms with van der Waals surface area (Å²) >= 11 is 1.24. The molecule has 30 heavy (non-hydrogen) atoms. The normalized spacial score (nSPS) is 10.7. The summed E-state index contributed by atoms with van der Waals surface area (Å²) in [7, 11) is 0. The Balaban J connectivity index is 1.95. The van der Waals surface area contributed by atoms with E-state index in [2.05, 4.69) is 11.9 Å². The number of hydrogen-bond donors (Lipinski definition) is 1. The summed E-state index contributed by atoms with van der Waals surface area (Å²) in [5, 5.41) is 4.11. The molecule has 0 aliphatic heterocycles. The fourth-order valence-corrected chi connectivity index (χ4v) is 4.38. The molecule has 2 aromatic carbocycles. The largest absolute Gasteiger partial charge is 0.462 e. The van der Waals surface area contributed by atoms with Crippen LogP contribution < -0.4 is 10.9 Å². The molecule has 2 aromatic heterocycles. The van der Waals surface area contributed by atoms with Crippen LogP contribution in [0.15, 0.2) is 78.1 Å². The Morgan fingerprint density at radius 1 is 1.10 bits per heavy atom. The summed E-state index contributed by atoms with van der Waals surface area (Å²) in [6, 6.07) is 20.4. The van der Waals surface area contributed by atoms with Gasteiger partial charge in [-0.15, -0.1) is 11.3 Å². The number of carbonyl (C=O) groups is 1. The van der Waals surface area contributed by atoms with Gasteiger partial charge in [0.1, 0.15) is 9.71 Å². The minimum absolute atomic E-state index is 0.170. The third-order valence-electron chi connectivity index (χ3n) is 4.63. The monoisotopic (exact) mass is 416 g/mol. The second-order valence-corrected chi connectivity index (χ2v) is 7.54. The molecule has 5 nitrogen and oxygen atoms in total. The molecule has 0 saturated heterocycles. The molecular formula is C24H20N2O3S. The molecule has 1 N–H and O–H groups in total. The average molecular weight is 417 g/mol. The van der Waals surface area contributed by atoms with Crippen LogP contribution in [0.5, 0.6) is 0 Å². The van der Waals surface area contributed by atoms with Crippen molar-refractivity contribution < 1.29 is 9.53 Å². The summed E-state index contributed by atoms with van der Waals surface area (Å²) in [5.41, 5.74) is 2.99. The van der Waals surface area contributed by atoms with Crippen LogP contribution in [0.3, 0.4) is 0 Å². The van der Waals surface area contributed by atoms with Gasteiger partial charge in [-0.05, 0) is 42.8 Å². The number of rotatable bonds is 6. The molecular weight excluding hydrogens is 396 g/mol. The molecule has 4 rings (SSSR count). The quantitative estimate of drug-likeness (QED) is 0.415. The van der Waals surface area contributed by atoms with Crippen molar-refractivity contribution in [2.75, 3.05) is 11.9 Å². The summed E-state index contributed by atoms with van der Waals surface area (Å²) in [4.78, 5) is 26.6. The number of hydrogen-bond acceptors (Lipinski definition) is 5. The van der Waals surface area contributed by atoms with Crippen LogP contribution in [0.25, 0.3) is 22.0 Å². The first-order valence-corrected chi connectivity index (χ1v) is 10.3. The predicted octanol–water partition coefficient (Wildman–Crippen LogP) is 5.62. The van der Waals surface area contributed by atoms with Gasteiger partial charge in [-0.3, -0.25) is 9.36 Å². The zero-order chi connectivity index (χ0) is 21.1. The fraction of sp³-hybridized carbons (Fsp3) is 0.0833. The number of carbonyl (C=O) groups excluding carboxylic acids is 1. The van der Waals surface area contributed by atoms with E-state index in [1.54, 1.807) is 23.6 Å². The van der Waals surface area contributed by atoms with Gasteiger partial charge in [0.2, 0.25) is 0 Å². The highest BCUT2D eigenvalue weighted by Gasteiger charge is 2.22. The number of pyridine rings is 1. The molecule has 0 aliphatic carbocycles. The lowest BCUT2D eigenvalue weighted by atomic mass is 10.2. The summed E-state index contributed by atoms with van der Waals surface area (Å²) in [6.45, 7) is 5.81. The molecule has 0 atom stereocenters. The van der Waals surface area contributed by atoms with Crippen LogP contribution in [-0.2, 0) is 4.74 Å².